The Morgan fingerprint density at radius 3 is 2.90 bits per heavy atom. The van der Waals surface area contributed by atoms with Crippen molar-refractivity contribution >= 4 is 22.9 Å². The third-order valence-corrected chi connectivity index (χ3v) is 3.91. The van der Waals surface area contributed by atoms with Gasteiger partial charge in [0.15, 0.2) is 0 Å². The Kier molecular flexibility index (Phi) is 4.44. The topological polar surface area (TPSA) is 64.2 Å². The lowest BCUT2D eigenvalue weighted by atomic mass is 10.3. The second-order valence-corrected chi connectivity index (χ2v) is 6.18. The van der Waals surface area contributed by atoms with Crippen molar-refractivity contribution in [2.24, 2.45) is 0 Å². The molecule has 108 valence electrons. The van der Waals surface area contributed by atoms with Crippen LogP contribution < -0.4 is 5.73 Å². The summed E-state index contributed by atoms with van der Waals surface area (Å²) in [6, 6.07) is 1.74. The summed E-state index contributed by atoms with van der Waals surface area (Å²) in [6.07, 6.45) is 4.61. The SMILES string of the molecule is CCCn1cc(N)cc1C(=O)N(C)Cc1cnc(C)s1. The summed E-state index contributed by atoms with van der Waals surface area (Å²) in [6.45, 7) is 5.41. The minimum Gasteiger partial charge on any atom is -0.397 e. The van der Waals surface area contributed by atoms with Gasteiger partial charge < -0.3 is 15.2 Å². The number of aromatic nitrogens is 2. The van der Waals surface area contributed by atoms with Gasteiger partial charge in [-0.3, -0.25) is 4.79 Å². The summed E-state index contributed by atoms with van der Waals surface area (Å²) in [5.41, 5.74) is 7.08. The first kappa shape index (κ1) is 14.6. The number of nitrogens with two attached hydrogens (primary N) is 1. The van der Waals surface area contributed by atoms with Gasteiger partial charge >= 0.3 is 0 Å². The standard InChI is InChI=1S/C14H20N4OS/c1-4-5-18-8-11(15)6-13(18)14(19)17(3)9-12-7-16-10(2)20-12/h6-8H,4-5,9,15H2,1-3H3. The van der Waals surface area contributed by atoms with E-state index in [9.17, 15) is 4.79 Å². The average molecular weight is 292 g/mol. The van der Waals surface area contributed by atoms with E-state index in [-0.39, 0.29) is 5.91 Å². The van der Waals surface area contributed by atoms with Gasteiger partial charge in [-0.05, 0) is 19.4 Å². The molecule has 2 N–H and O–H groups in total. The highest BCUT2D eigenvalue weighted by molar-refractivity contribution is 7.11. The number of anilines is 1. The van der Waals surface area contributed by atoms with Crippen molar-refractivity contribution in [3.05, 3.63) is 34.0 Å². The number of aryl methyl sites for hydroxylation is 2. The van der Waals surface area contributed by atoms with Crippen LogP contribution in [-0.2, 0) is 13.1 Å². The number of hydrogen-bond acceptors (Lipinski definition) is 4. The van der Waals surface area contributed by atoms with Crippen molar-refractivity contribution in [2.45, 2.75) is 33.4 Å². The highest BCUT2D eigenvalue weighted by Gasteiger charge is 2.17. The van der Waals surface area contributed by atoms with Gasteiger partial charge in [0.2, 0.25) is 0 Å². The van der Waals surface area contributed by atoms with Crippen molar-refractivity contribution in [1.82, 2.24) is 14.5 Å². The van der Waals surface area contributed by atoms with Gasteiger partial charge in [-0.25, -0.2) is 4.98 Å². The molecule has 0 spiro atoms. The van der Waals surface area contributed by atoms with E-state index in [1.165, 1.54) is 0 Å². The van der Waals surface area contributed by atoms with Gasteiger partial charge in [0, 0.05) is 30.9 Å². The summed E-state index contributed by atoms with van der Waals surface area (Å²) in [5, 5.41) is 1.01. The fraction of sp³-hybridized carbons (Fsp3) is 0.429. The molecule has 0 aromatic carbocycles. The van der Waals surface area contributed by atoms with E-state index in [0.29, 0.717) is 17.9 Å². The maximum atomic E-state index is 12.5. The van der Waals surface area contributed by atoms with E-state index >= 15 is 0 Å². The minimum atomic E-state index is -0.0128. The first-order valence-electron chi connectivity index (χ1n) is 6.63. The summed E-state index contributed by atoms with van der Waals surface area (Å²) >= 11 is 1.61. The molecule has 0 radical (unpaired) electrons. The quantitative estimate of drug-likeness (QED) is 0.921. The van der Waals surface area contributed by atoms with E-state index in [0.717, 1.165) is 22.9 Å². The fourth-order valence-corrected chi connectivity index (χ4v) is 2.97. The molecule has 5 nitrogen and oxygen atoms in total. The molecule has 0 unspecified atom stereocenters. The summed E-state index contributed by atoms with van der Waals surface area (Å²) in [7, 11) is 1.80. The maximum absolute atomic E-state index is 12.5. The molecule has 1 amide bonds. The van der Waals surface area contributed by atoms with Gasteiger partial charge in [0.25, 0.3) is 5.91 Å². The van der Waals surface area contributed by atoms with E-state index in [1.807, 2.05) is 23.9 Å². The first-order chi connectivity index (χ1) is 9.51. The second kappa shape index (κ2) is 6.09. The Bertz CT molecular complexity index is 602. The number of rotatable bonds is 5. The molecule has 0 aliphatic rings. The van der Waals surface area contributed by atoms with Crippen molar-refractivity contribution in [1.29, 1.82) is 0 Å². The predicted octanol–water partition coefficient (Wildman–Crippen LogP) is 2.52. The number of nitrogen functional groups attached to an aromatic ring is 1. The molecule has 0 saturated carbocycles. The van der Waals surface area contributed by atoms with Crippen molar-refractivity contribution in [3.8, 4) is 0 Å². The van der Waals surface area contributed by atoms with Crippen molar-refractivity contribution < 1.29 is 4.79 Å². The van der Waals surface area contributed by atoms with E-state index in [1.54, 1.807) is 29.4 Å². The van der Waals surface area contributed by atoms with Crippen molar-refractivity contribution in [2.75, 3.05) is 12.8 Å². The number of carbonyl (C=O) groups is 1. The number of amides is 1. The summed E-state index contributed by atoms with van der Waals surface area (Å²) in [5.74, 6) is -0.0128. The molecule has 2 aromatic rings. The van der Waals surface area contributed by atoms with E-state index < -0.39 is 0 Å². The largest absolute Gasteiger partial charge is 0.397 e. The van der Waals surface area contributed by atoms with Gasteiger partial charge in [-0.1, -0.05) is 6.92 Å². The zero-order chi connectivity index (χ0) is 14.7. The normalized spacial score (nSPS) is 10.8. The Labute approximate surface area is 123 Å². The fourth-order valence-electron chi connectivity index (χ4n) is 2.12. The monoisotopic (exact) mass is 292 g/mol. The van der Waals surface area contributed by atoms with Crippen LogP contribution in [0.25, 0.3) is 0 Å². The number of thiazole rings is 1. The van der Waals surface area contributed by atoms with Crippen LogP contribution in [0.4, 0.5) is 5.69 Å². The average Bonchev–Trinajstić information content (AvgIpc) is 2.95. The third-order valence-electron chi connectivity index (χ3n) is 3.01. The smallest absolute Gasteiger partial charge is 0.270 e. The van der Waals surface area contributed by atoms with Gasteiger partial charge in [-0.15, -0.1) is 11.3 Å². The van der Waals surface area contributed by atoms with Crippen LogP contribution in [-0.4, -0.2) is 27.4 Å². The van der Waals surface area contributed by atoms with Crippen LogP contribution in [0.2, 0.25) is 0 Å². The second-order valence-electron chi connectivity index (χ2n) is 4.86. The molecule has 2 rings (SSSR count). The van der Waals surface area contributed by atoms with E-state index in [2.05, 4.69) is 11.9 Å². The molecule has 2 aromatic heterocycles. The highest BCUT2D eigenvalue weighted by Crippen LogP contribution is 2.17. The maximum Gasteiger partial charge on any atom is 0.270 e. The lowest BCUT2D eigenvalue weighted by Gasteiger charge is -2.17. The Hall–Kier alpha value is -1.82. The first-order valence-corrected chi connectivity index (χ1v) is 7.45. The van der Waals surface area contributed by atoms with Crippen LogP contribution in [0.15, 0.2) is 18.5 Å². The lowest BCUT2D eigenvalue weighted by Crippen LogP contribution is -2.27. The molecule has 0 bridgehead atoms. The number of hydrogen-bond donors (Lipinski definition) is 1. The third kappa shape index (κ3) is 3.19. The molecule has 0 aliphatic carbocycles. The Balaban J connectivity index is 2.13. The van der Waals surface area contributed by atoms with Crippen LogP contribution in [0.5, 0.6) is 0 Å². The highest BCUT2D eigenvalue weighted by atomic mass is 32.1. The van der Waals surface area contributed by atoms with Gasteiger partial charge in [0.05, 0.1) is 17.2 Å². The van der Waals surface area contributed by atoms with Gasteiger partial charge in [0.1, 0.15) is 5.69 Å². The summed E-state index contributed by atoms with van der Waals surface area (Å²) in [4.78, 5) is 19.5. The van der Waals surface area contributed by atoms with Gasteiger partial charge in [-0.2, -0.15) is 0 Å². The Morgan fingerprint density at radius 2 is 2.30 bits per heavy atom. The minimum absolute atomic E-state index is 0.0128. The molecule has 0 fully saturated rings. The lowest BCUT2D eigenvalue weighted by molar-refractivity contribution is 0.0775. The van der Waals surface area contributed by atoms with Crippen LogP contribution >= 0.6 is 11.3 Å². The zero-order valence-electron chi connectivity index (χ0n) is 12.1. The molecular formula is C14H20N4OS. The Morgan fingerprint density at radius 1 is 1.55 bits per heavy atom. The molecule has 2 heterocycles. The molecular weight excluding hydrogens is 272 g/mol. The molecule has 20 heavy (non-hydrogen) atoms. The molecule has 0 atom stereocenters. The van der Waals surface area contributed by atoms with Crippen LogP contribution in [0.3, 0.4) is 0 Å². The molecule has 0 aliphatic heterocycles. The van der Waals surface area contributed by atoms with Crippen LogP contribution in [0.1, 0.15) is 33.7 Å². The van der Waals surface area contributed by atoms with Crippen LogP contribution in [0, 0.1) is 6.92 Å². The molecule has 6 heteroatoms. The zero-order valence-corrected chi connectivity index (χ0v) is 12.9. The number of nitrogens with zero attached hydrogens (tertiary/aromatic N) is 3. The summed E-state index contributed by atoms with van der Waals surface area (Å²) < 4.78 is 1.92. The van der Waals surface area contributed by atoms with Crippen molar-refractivity contribution in [3.63, 3.8) is 0 Å². The number of carbonyl (C=O) groups excluding carboxylic acids is 1. The molecule has 0 saturated heterocycles. The van der Waals surface area contributed by atoms with E-state index in [4.69, 9.17) is 5.73 Å². The predicted molar refractivity (Wildman–Crippen MR) is 81.8 cm³/mol.